The van der Waals surface area contributed by atoms with E-state index in [1.807, 2.05) is 6.07 Å². The summed E-state index contributed by atoms with van der Waals surface area (Å²) in [5.41, 5.74) is 7.96. The van der Waals surface area contributed by atoms with Crippen LogP contribution in [-0.4, -0.2) is 53.4 Å². The number of nitrogens with zero attached hydrogens (tertiary/aromatic N) is 1. The van der Waals surface area contributed by atoms with Gasteiger partial charge in [-0.05, 0) is 93.3 Å². The van der Waals surface area contributed by atoms with Crippen molar-refractivity contribution in [3.05, 3.63) is 46.3 Å². The van der Waals surface area contributed by atoms with Crippen molar-refractivity contribution >= 4 is 35.0 Å². The average Bonchev–Trinajstić information content (AvgIpc) is 3.26. The van der Waals surface area contributed by atoms with Crippen LogP contribution in [-0.2, 0) is 24.1 Å². The summed E-state index contributed by atoms with van der Waals surface area (Å²) in [6.45, 7) is 4.00. The van der Waals surface area contributed by atoms with Crippen LogP contribution in [0.3, 0.4) is 0 Å². The molecule has 0 spiro atoms. The molecule has 0 radical (unpaired) electrons. The number of thioether (sulfide) groups is 1. The number of rotatable bonds is 9. The Morgan fingerprint density at radius 1 is 1.23 bits per heavy atom. The maximum Gasteiger partial charge on any atom is 0.256 e. The predicted molar refractivity (Wildman–Crippen MR) is 130 cm³/mol. The SMILES string of the molecule is CCSc1ccc2c(c1)/C(=C/c1[nH]c3c(c1CCCN(C)CCO)CCCC3)C(=O)N2. The number of amides is 1. The highest BCUT2D eigenvalue weighted by molar-refractivity contribution is 7.99. The number of carbonyl (C=O) groups excluding carboxylic acids is 1. The van der Waals surface area contributed by atoms with E-state index >= 15 is 0 Å². The number of aryl methyl sites for hydroxylation is 1. The Balaban J connectivity index is 1.65. The highest BCUT2D eigenvalue weighted by Gasteiger charge is 2.26. The molecule has 1 aromatic heterocycles. The van der Waals surface area contributed by atoms with Crippen molar-refractivity contribution in [1.29, 1.82) is 0 Å². The van der Waals surface area contributed by atoms with Crippen LogP contribution in [0.5, 0.6) is 0 Å². The molecule has 1 amide bonds. The van der Waals surface area contributed by atoms with Gasteiger partial charge >= 0.3 is 0 Å². The average molecular weight is 440 g/mol. The lowest BCUT2D eigenvalue weighted by atomic mass is 9.92. The van der Waals surface area contributed by atoms with E-state index in [1.54, 1.807) is 11.8 Å². The monoisotopic (exact) mass is 439 g/mol. The Hall–Kier alpha value is -2.02. The normalized spacial score (nSPS) is 16.6. The Kier molecular flexibility index (Phi) is 7.20. The highest BCUT2D eigenvalue weighted by atomic mass is 32.2. The standard InChI is InChI=1S/C25H33N3O2S/c1-3-31-17-10-11-23-20(15-17)21(25(30)27-23)16-24-19(8-6-12-28(2)13-14-29)18-7-4-5-9-22(18)26-24/h10-11,15-16,26,29H,3-9,12-14H2,1-2H3,(H,27,30)/b21-16-. The molecule has 2 aliphatic rings. The summed E-state index contributed by atoms with van der Waals surface area (Å²) in [5, 5.41) is 12.2. The van der Waals surface area contributed by atoms with Gasteiger partial charge < -0.3 is 20.3 Å². The fourth-order valence-electron chi connectivity index (χ4n) is 4.71. The van der Waals surface area contributed by atoms with E-state index in [9.17, 15) is 4.79 Å². The molecule has 0 unspecified atom stereocenters. The zero-order chi connectivity index (χ0) is 21.8. The molecule has 1 aliphatic carbocycles. The van der Waals surface area contributed by atoms with Gasteiger partial charge in [-0.2, -0.15) is 0 Å². The Morgan fingerprint density at radius 3 is 2.87 bits per heavy atom. The van der Waals surface area contributed by atoms with Gasteiger partial charge in [0.1, 0.15) is 0 Å². The Labute approximate surface area is 189 Å². The van der Waals surface area contributed by atoms with Crippen LogP contribution in [0.25, 0.3) is 11.6 Å². The van der Waals surface area contributed by atoms with Crippen molar-refractivity contribution in [3.8, 4) is 0 Å². The smallest absolute Gasteiger partial charge is 0.256 e. The lowest BCUT2D eigenvalue weighted by Crippen LogP contribution is -2.23. The summed E-state index contributed by atoms with van der Waals surface area (Å²) < 4.78 is 0. The van der Waals surface area contributed by atoms with Crippen LogP contribution >= 0.6 is 11.8 Å². The number of aliphatic hydroxyl groups is 1. The van der Waals surface area contributed by atoms with E-state index in [2.05, 4.69) is 47.4 Å². The minimum Gasteiger partial charge on any atom is -0.395 e. The number of nitrogens with one attached hydrogen (secondary N) is 2. The lowest BCUT2D eigenvalue weighted by Gasteiger charge is -2.16. The maximum atomic E-state index is 12.8. The first-order valence-corrected chi connectivity index (χ1v) is 12.4. The summed E-state index contributed by atoms with van der Waals surface area (Å²) in [4.78, 5) is 19.8. The molecule has 0 saturated carbocycles. The molecule has 0 saturated heterocycles. The van der Waals surface area contributed by atoms with Gasteiger partial charge in [-0.25, -0.2) is 0 Å². The summed E-state index contributed by atoms with van der Waals surface area (Å²) in [7, 11) is 2.05. The van der Waals surface area contributed by atoms with Gasteiger partial charge in [0.2, 0.25) is 0 Å². The van der Waals surface area contributed by atoms with Crippen LogP contribution in [0.15, 0.2) is 23.1 Å². The number of fused-ring (bicyclic) bond motifs is 2. The molecule has 0 fully saturated rings. The molecule has 4 rings (SSSR count). The van der Waals surface area contributed by atoms with E-state index in [1.165, 1.54) is 34.6 Å². The molecule has 6 heteroatoms. The molecule has 0 bridgehead atoms. The van der Waals surface area contributed by atoms with Crippen LogP contribution < -0.4 is 5.32 Å². The molecule has 1 aliphatic heterocycles. The summed E-state index contributed by atoms with van der Waals surface area (Å²) in [5.74, 6) is 0.993. The number of anilines is 1. The van der Waals surface area contributed by atoms with Gasteiger partial charge in [0.15, 0.2) is 0 Å². The molecule has 31 heavy (non-hydrogen) atoms. The highest BCUT2D eigenvalue weighted by Crippen LogP contribution is 2.37. The number of hydrogen-bond acceptors (Lipinski definition) is 4. The second-order valence-electron chi connectivity index (χ2n) is 8.46. The van der Waals surface area contributed by atoms with E-state index in [0.29, 0.717) is 6.54 Å². The molecular weight excluding hydrogens is 406 g/mol. The molecule has 1 aromatic carbocycles. The minimum absolute atomic E-state index is 0.0187. The van der Waals surface area contributed by atoms with Gasteiger partial charge in [0, 0.05) is 34.1 Å². The molecule has 2 aromatic rings. The Bertz CT molecular complexity index is 979. The zero-order valence-electron chi connectivity index (χ0n) is 18.6. The summed E-state index contributed by atoms with van der Waals surface area (Å²) in [6.07, 6.45) is 8.78. The second kappa shape index (κ2) is 10.1. The fourth-order valence-corrected chi connectivity index (χ4v) is 5.40. The number of aliphatic hydroxyl groups excluding tert-OH is 1. The number of likely N-dealkylation sites (N-methyl/N-ethyl adjacent to an activating group) is 1. The second-order valence-corrected chi connectivity index (χ2v) is 9.80. The summed E-state index contributed by atoms with van der Waals surface area (Å²) >= 11 is 1.80. The lowest BCUT2D eigenvalue weighted by molar-refractivity contribution is -0.110. The van der Waals surface area contributed by atoms with Gasteiger partial charge in [0.05, 0.1) is 12.2 Å². The van der Waals surface area contributed by atoms with E-state index in [4.69, 9.17) is 5.11 Å². The van der Waals surface area contributed by atoms with Crippen LogP contribution in [0.4, 0.5) is 5.69 Å². The minimum atomic E-state index is -0.0187. The Morgan fingerprint density at radius 2 is 2.06 bits per heavy atom. The topological polar surface area (TPSA) is 68.4 Å². The third-order valence-electron chi connectivity index (χ3n) is 6.26. The largest absolute Gasteiger partial charge is 0.395 e. The van der Waals surface area contributed by atoms with Crippen molar-refractivity contribution in [2.24, 2.45) is 0 Å². The van der Waals surface area contributed by atoms with Crippen LogP contribution in [0.2, 0.25) is 0 Å². The van der Waals surface area contributed by atoms with Crippen molar-refractivity contribution in [3.63, 3.8) is 0 Å². The first kappa shape index (κ1) is 22.2. The van der Waals surface area contributed by atoms with Crippen LogP contribution in [0, 0.1) is 0 Å². The van der Waals surface area contributed by atoms with Crippen molar-refractivity contribution < 1.29 is 9.90 Å². The van der Waals surface area contributed by atoms with Crippen molar-refractivity contribution in [2.75, 3.05) is 37.8 Å². The number of aromatic amines is 1. The number of benzene rings is 1. The molecule has 2 heterocycles. The maximum absolute atomic E-state index is 12.8. The van der Waals surface area contributed by atoms with Gasteiger partial charge in [-0.15, -0.1) is 11.8 Å². The summed E-state index contributed by atoms with van der Waals surface area (Å²) in [6, 6.07) is 6.24. The van der Waals surface area contributed by atoms with Crippen LogP contribution in [0.1, 0.15) is 54.3 Å². The molecule has 0 atom stereocenters. The number of carbonyl (C=O) groups is 1. The van der Waals surface area contributed by atoms with E-state index in [0.717, 1.165) is 60.5 Å². The number of aromatic nitrogens is 1. The van der Waals surface area contributed by atoms with E-state index < -0.39 is 0 Å². The number of H-pyrrole nitrogens is 1. The van der Waals surface area contributed by atoms with Gasteiger partial charge in [-0.1, -0.05) is 6.92 Å². The zero-order valence-corrected chi connectivity index (χ0v) is 19.4. The number of hydrogen-bond donors (Lipinski definition) is 3. The molecule has 5 nitrogen and oxygen atoms in total. The first-order chi connectivity index (χ1) is 15.1. The molecule has 3 N–H and O–H groups in total. The molecular formula is C25H33N3O2S. The third-order valence-corrected chi connectivity index (χ3v) is 7.14. The van der Waals surface area contributed by atoms with Gasteiger partial charge in [0.25, 0.3) is 5.91 Å². The van der Waals surface area contributed by atoms with Gasteiger partial charge in [-0.3, -0.25) is 4.79 Å². The predicted octanol–water partition coefficient (Wildman–Crippen LogP) is 4.35. The third kappa shape index (κ3) is 4.92. The van der Waals surface area contributed by atoms with Crippen molar-refractivity contribution in [1.82, 2.24) is 9.88 Å². The molecule has 166 valence electrons. The fraction of sp³-hybridized carbons (Fsp3) is 0.480. The first-order valence-electron chi connectivity index (χ1n) is 11.4. The quantitative estimate of drug-likeness (QED) is 0.401. The van der Waals surface area contributed by atoms with Crippen molar-refractivity contribution in [2.45, 2.75) is 50.3 Å². The van der Waals surface area contributed by atoms with E-state index in [-0.39, 0.29) is 12.5 Å².